The predicted molar refractivity (Wildman–Crippen MR) is 109 cm³/mol. The van der Waals surface area contributed by atoms with Crippen LogP contribution in [-0.2, 0) is 7.05 Å². The number of aromatic nitrogens is 2. The van der Waals surface area contributed by atoms with E-state index >= 15 is 0 Å². The maximum atomic E-state index is 12.4. The monoisotopic (exact) mass is 396 g/mol. The van der Waals surface area contributed by atoms with E-state index in [2.05, 4.69) is 21.8 Å². The maximum Gasteiger partial charge on any atom is 0.255 e. The summed E-state index contributed by atoms with van der Waals surface area (Å²) in [4.78, 5) is 12.4. The molecule has 0 radical (unpaired) electrons. The molecule has 2 aromatic rings. The highest BCUT2D eigenvalue weighted by Gasteiger charge is 2.39. The highest BCUT2D eigenvalue weighted by molar-refractivity contribution is 6.04. The Morgan fingerprint density at radius 2 is 2.00 bits per heavy atom. The number of halogens is 2. The molecule has 0 aliphatic heterocycles. The summed E-state index contributed by atoms with van der Waals surface area (Å²) in [6, 6.07) is 9.33. The number of nitrogens with zero attached hydrogens (tertiary/aromatic N) is 2. The van der Waals surface area contributed by atoms with Gasteiger partial charge < -0.3 is 10.6 Å². The fourth-order valence-electron chi connectivity index (χ4n) is 3.74. The lowest BCUT2D eigenvalue weighted by Crippen LogP contribution is -2.28. The van der Waals surface area contributed by atoms with Crippen LogP contribution in [0, 0.1) is 0 Å². The van der Waals surface area contributed by atoms with Gasteiger partial charge in [-0.15, -0.1) is 24.8 Å². The molecule has 0 spiro atoms. The maximum absolute atomic E-state index is 12.4. The molecule has 1 aromatic carbocycles. The largest absolute Gasteiger partial charge is 0.319 e. The van der Waals surface area contributed by atoms with Crippen LogP contribution >= 0.6 is 24.8 Å². The number of hydrogen-bond donors (Lipinski definition) is 2. The summed E-state index contributed by atoms with van der Waals surface area (Å²) in [5, 5.41) is 10.8. The number of nitrogens with one attached hydrogen (secondary N) is 2. The summed E-state index contributed by atoms with van der Waals surface area (Å²) in [6.07, 6.45) is 9.99. The molecule has 2 aliphatic rings. The first-order chi connectivity index (χ1) is 11.7. The zero-order chi connectivity index (χ0) is 16.5. The van der Waals surface area contributed by atoms with Gasteiger partial charge in [-0.3, -0.25) is 9.48 Å². The molecule has 2 saturated carbocycles. The second kappa shape index (κ2) is 8.89. The van der Waals surface area contributed by atoms with Gasteiger partial charge >= 0.3 is 0 Å². The Morgan fingerprint density at radius 1 is 1.23 bits per heavy atom. The number of anilines is 1. The second-order valence-corrected chi connectivity index (χ2v) is 7.08. The smallest absolute Gasteiger partial charge is 0.255 e. The van der Waals surface area contributed by atoms with Crippen molar-refractivity contribution in [1.29, 1.82) is 0 Å². The highest BCUT2D eigenvalue weighted by atomic mass is 35.5. The van der Waals surface area contributed by atoms with Gasteiger partial charge in [0.05, 0.1) is 11.9 Å². The third kappa shape index (κ3) is 4.78. The Bertz CT molecular complexity index is 743. The van der Waals surface area contributed by atoms with Gasteiger partial charge in [0.15, 0.2) is 0 Å². The lowest BCUT2D eigenvalue weighted by molar-refractivity contribution is 0.102. The molecular weight excluding hydrogens is 371 g/mol. The van der Waals surface area contributed by atoms with Crippen molar-refractivity contribution in [3.8, 4) is 0 Å². The predicted octanol–water partition coefficient (Wildman–Crippen LogP) is 3.90. The molecule has 2 atom stereocenters. The van der Waals surface area contributed by atoms with Crippen LogP contribution in [0.1, 0.15) is 53.9 Å². The van der Waals surface area contributed by atoms with Gasteiger partial charge in [0.2, 0.25) is 0 Å². The number of benzene rings is 1. The van der Waals surface area contributed by atoms with E-state index < -0.39 is 0 Å². The number of carbonyl (C=O) groups excluding carboxylic acids is 1. The van der Waals surface area contributed by atoms with Gasteiger partial charge in [-0.05, 0) is 37.0 Å². The molecule has 4 rings (SSSR count). The molecule has 7 heteroatoms. The minimum absolute atomic E-state index is 0. The standard InChI is InChI=1S/C19H24N4O.2ClH/c1-23-12-16(11-20-23)22-19(24)14-6-4-5-13(9-14)17-10-18(17)21-15-7-2-3-8-15;;/h4-6,9,11-12,15,17-18,21H,2-3,7-8,10H2,1H3,(H,22,24);2*1H/t17-,18+;;/m0../s1. The molecular formula is C19H26Cl2N4O. The van der Waals surface area contributed by atoms with E-state index in [9.17, 15) is 4.79 Å². The highest BCUT2D eigenvalue weighted by Crippen LogP contribution is 2.42. The Hall–Kier alpha value is -1.56. The van der Waals surface area contributed by atoms with E-state index in [1.165, 1.54) is 37.7 Å². The molecule has 2 aliphatic carbocycles. The zero-order valence-corrected chi connectivity index (χ0v) is 16.5. The molecule has 2 fully saturated rings. The number of rotatable bonds is 5. The van der Waals surface area contributed by atoms with E-state index in [-0.39, 0.29) is 30.7 Å². The van der Waals surface area contributed by atoms with Crippen LogP contribution in [0.4, 0.5) is 5.69 Å². The summed E-state index contributed by atoms with van der Waals surface area (Å²) in [5.74, 6) is 0.475. The second-order valence-electron chi connectivity index (χ2n) is 7.08. The van der Waals surface area contributed by atoms with Gasteiger partial charge in [-0.2, -0.15) is 5.10 Å². The lowest BCUT2D eigenvalue weighted by atomic mass is 10.1. The average molecular weight is 397 g/mol. The van der Waals surface area contributed by atoms with Gasteiger partial charge in [0, 0.05) is 36.8 Å². The van der Waals surface area contributed by atoms with Crippen LogP contribution < -0.4 is 10.6 Å². The zero-order valence-electron chi connectivity index (χ0n) is 14.9. The molecule has 1 aromatic heterocycles. The van der Waals surface area contributed by atoms with Crippen molar-refractivity contribution in [3.05, 3.63) is 47.8 Å². The van der Waals surface area contributed by atoms with Crippen molar-refractivity contribution in [3.63, 3.8) is 0 Å². The van der Waals surface area contributed by atoms with Gasteiger partial charge in [-0.25, -0.2) is 0 Å². The average Bonchev–Trinajstić information content (AvgIpc) is 2.93. The first kappa shape index (κ1) is 20.7. The summed E-state index contributed by atoms with van der Waals surface area (Å²) in [5.41, 5.74) is 2.70. The minimum atomic E-state index is -0.0780. The molecule has 5 nitrogen and oxygen atoms in total. The Morgan fingerprint density at radius 3 is 2.69 bits per heavy atom. The van der Waals surface area contributed by atoms with Crippen molar-refractivity contribution >= 4 is 36.4 Å². The third-order valence-electron chi connectivity index (χ3n) is 5.14. The molecule has 1 amide bonds. The number of hydrogen-bond acceptors (Lipinski definition) is 3. The fraction of sp³-hybridized carbons (Fsp3) is 0.474. The van der Waals surface area contributed by atoms with E-state index in [1.807, 2.05) is 25.2 Å². The summed E-state index contributed by atoms with van der Waals surface area (Å²) < 4.78 is 1.68. The number of carbonyl (C=O) groups is 1. The Labute approximate surface area is 166 Å². The topological polar surface area (TPSA) is 59.0 Å². The van der Waals surface area contributed by atoms with Crippen molar-refractivity contribution in [1.82, 2.24) is 15.1 Å². The number of amides is 1. The summed E-state index contributed by atoms with van der Waals surface area (Å²) >= 11 is 0. The van der Waals surface area contributed by atoms with Crippen LogP contribution in [0.25, 0.3) is 0 Å². The van der Waals surface area contributed by atoms with Crippen LogP contribution in [0.3, 0.4) is 0 Å². The molecule has 0 unspecified atom stereocenters. The molecule has 0 saturated heterocycles. The van der Waals surface area contributed by atoms with E-state index in [1.54, 1.807) is 17.1 Å². The van der Waals surface area contributed by atoms with Gasteiger partial charge in [-0.1, -0.05) is 25.0 Å². The first-order valence-corrected chi connectivity index (χ1v) is 8.85. The van der Waals surface area contributed by atoms with Crippen LogP contribution in [0.15, 0.2) is 36.7 Å². The van der Waals surface area contributed by atoms with E-state index in [0.29, 0.717) is 23.6 Å². The molecule has 26 heavy (non-hydrogen) atoms. The van der Waals surface area contributed by atoms with Crippen molar-refractivity contribution < 1.29 is 4.79 Å². The number of aryl methyl sites for hydroxylation is 1. The molecule has 2 N–H and O–H groups in total. The summed E-state index contributed by atoms with van der Waals surface area (Å²) in [6.45, 7) is 0. The van der Waals surface area contributed by atoms with Crippen LogP contribution in [-0.4, -0.2) is 27.8 Å². The van der Waals surface area contributed by atoms with Gasteiger partial charge in [0.1, 0.15) is 0 Å². The first-order valence-electron chi connectivity index (χ1n) is 8.85. The van der Waals surface area contributed by atoms with Crippen molar-refractivity contribution in [2.24, 2.45) is 7.05 Å². The van der Waals surface area contributed by atoms with Crippen LogP contribution in [0.2, 0.25) is 0 Å². The normalized spacial score (nSPS) is 21.6. The van der Waals surface area contributed by atoms with Gasteiger partial charge in [0.25, 0.3) is 5.91 Å². The minimum Gasteiger partial charge on any atom is -0.319 e. The Balaban J connectivity index is 0.00000121. The SMILES string of the molecule is Cl.Cl.Cn1cc(NC(=O)c2cccc([C@@H]3C[C@H]3NC3CCCC3)c2)cn1. The van der Waals surface area contributed by atoms with E-state index in [4.69, 9.17) is 0 Å². The van der Waals surface area contributed by atoms with Crippen molar-refractivity contribution in [2.45, 2.75) is 50.1 Å². The fourth-order valence-corrected chi connectivity index (χ4v) is 3.74. The van der Waals surface area contributed by atoms with Crippen LogP contribution in [0.5, 0.6) is 0 Å². The quantitative estimate of drug-likeness (QED) is 0.805. The molecule has 1 heterocycles. The van der Waals surface area contributed by atoms with E-state index in [0.717, 1.165) is 5.69 Å². The molecule has 142 valence electrons. The van der Waals surface area contributed by atoms with Crippen molar-refractivity contribution in [2.75, 3.05) is 5.32 Å². The lowest BCUT2D eigenvalue weighted by Gasteiger charge is -2.11. The third-order valence-corrected chi connectivity index (χ3v) is 5.14. The molecule has 0 bridgehead atoms. The summed E-state index contributed by atoms with van der Waals surface area (Å²) in [7, 11) is 1.83. The Kier molecular flexibility index (Phi) is 7.09.